The van der Waals surface area contributed by atoms with Crippen LogP contribution in [0.2, 0.25) is 0 Å². The van der Waals surface area contributed by atoms with Crippen LogP contribution >= 0.6 is 0 Å². The third-order valence-corrected chi connectivity index (χ3v) is 5.34. The fourth-order valence-electron chi connectivity index (χ4n) is 3.71. The van der Waals surface area contributed by atoms with Crippen molar-refractivity contribution in [3.05, 3.63) is 58.9 Å². The lowest BCUT2D eigenvalue weighted by Gasteiger charge is -2.34. The number of fused-ring (bicyclic) bond motifs is 2. The predicted molar refractivity (Wildman–Crippen MR) is 109 cm³/mol. The minimum absolute atomic E-state index is 0.128. The second-order valence-electron chi connectivity index (χ2n) is 7.18. The molecule has 136 valence electrons. The van der Waals surface area contributed by atoms with E-state index in [9.17, 15) is 4.79 Å². The Morgan fingerprint density at radius 2 is 1.74 bits per heavy atom. The van der Waals surface area contributed by atoms with Gasteiger partial charge in [-0.15, -0.1) is 0 Å². The molecule has 0 amide bonds. The fourth-order valence-corrected chi connectivity index (χ4v) is 3.71. The van der Waals surface area contributed by atoms with E-state index < -0.39 is 0 Å². The quantitative estimate of drug-likeness (QED) is 0.577. The molecule has 2 aromatic heterocycles. The maximum atomic E-state index is 12.7. The van der Waals surface area contributed by atoms with Crippen molar-refractivity contribution in [3.63, 3.8) is 0 Å². The highest BCUT2D eigenvalue weighted by molar-refractivity contribution is 5.87. The number of rotatable bonds is 2. The predicted octanol–water partition coefficient (Wildman–Crippen LogP) is 2.82. The number of nitrogens with zero attached hydrogens (tertiary/aromatic N) is 3. The van der Waals surface area contributed by atoms with E-state index in [2.05, 4.69) is 50.0 Å². The van der Waals surface area contributed by atoms with Gasteiger partial charge < -0.3 is 19.8 Å². The number of nitrogens with one attached hydrogen (secondary N) is 2. The standard InChI is InChI=1S/C21H21N5O/c1-25-8-10-26(11-9-25)15-7-6-14-12-16(21(27)24-19(14)13-15)20-22-17-4-2-3-5-18(17)23-20/h2-7,12-13H,8-11H2,1H3,(H,22,23)(H,24,27). The highest BCUT2D eigenvalue weighted by Gasteiger charge is 2.15. The van der Waals surface area contributed by atoms with Crippen molar-refractivity contribution in [2.75, 3.05) is 38.1 Å². The summed E-state index contributed by atoms with van der Waals surface area (Å²) in [5.41, 5.74) is 4.23. The number of piperazine rings is 1. The monoisotopic (exact) mass is 359 g/mol. The van der Waals surface area contributed by atoms with Crippen molar-refractivity contribution < 1.29 is 0 Å². The molecule has 0 bridgehead atoms. The van der Waals surface area contributed by atoms with Gasteiger partial charge in [-0.05, 0) is 42.8 Å². The number of hydrogen-bond donors (Lipinski definition) is 2. The van der Waals surface area contributed by atoms with Gasteiger partial charge in [-0.2, -0.15) is 0 Å². The summed E-state index contributed by atoms with van der Waals surface area (Å²) in [6.07, 6.45) is 0. The van der Waals surface area contributed by atoms with Crippen LogP contribution in [0.1, 0.15) is 0 Å². The Bertz CT molecular complexity index is 1150. The van der Waals surface area contributed by atoms with E-state index in [1.54, 1.807) is 0 Å². The number of aromatic nitrogens is 3. The number of aromatic amines is 2. The van der Waals surface area contributed by atoms with Gasteiger partial charge in [0.05, 0.1) is 22.1 Å². The molecule has 0 aliphatic carbocycles. The lowest BCUT2D eigenvalue weighted by molar-refractivity contribution is 0.313. The lowest BCUT2D eigenvalue weighted by Crippen LogP contribution is -2.44. The van der Waals surface area contributed by atoms with Gasteiger partial charge in [-0.1, -0.05) is 18.2 Å². The summed E-state index contributed by atoms with van der Waals surface area (Å²) in [4.78, 5) is 28.2. The van der Waals surface area contributed by atoms with Crippen molar-refractivity contribution in [2.24, 2.45) is 0 Å². The highest BCUT2D eigenvalue weighted by atomic mass is 16.1. The van der Waals surface area contributed by atoms with Crippen LogP contribution in [0.15, 0.2) is 53.3 Å². The number of hydrogen-bond acceptors (Lipinski definition) is 4. The molecule has 1 aliphatic rings. The Morgan fingerprint density at radius 3 is 2.56 bits per heavy atom. The van der Waals surface area contributed by atoms with E-state index in [-0.39, 0.29) is 5.56 Å². The summed E-state index contributed by atoms with van der Waals surface area (Å²) in [5, 5.41) is 1.00. The number of anilines is 1. The highest BCUT2D eigenvalue weighted by Crippen LogP contribution is 2.24. The first kappa shape index (κ1) is 16.1. The SMILES string of the molecule is CN1CCN(c2ccc3cc(-c4nc5ccccc5[nH]4)c(=O)[nH]c3c2)CC1. The summed E-state index contributed by atoms with van der Waals surface area (Å²) in [6.45, 7) is 4.12. The van der Waals surface area contributed by atoms with Gasteiger partial charge in [0.2, 0.25) is 0 Å². The van der Waals surface area contributed by atoms with Gasteiger partial charge in [-0.3, -0.25) is 4.79 Å². The average molecular weight is 359 g/mol. The van der Waals surface area contributed by atoms with E-state index in [1.807, 2.05) is 30.3 Å². The lowest BCUT2D eigenvalue weighted by atomic mass is 10.1. The van der Waals surface area contributed by atoms with Crippen LogP contribution in [0.5, 0.6) is 0 Å². The van der Waals surface area contributed by atoms with Gasteiger partial charge in [0.1, 0.15) is 5.82 Å². The van der Waals surface area contributed by atoms with Crippen molar-refractivity contribution in [1.82, 2.24) is 19.9 Å². The molecule has 0 atom stereocenters. The molecule has 1 saturated heterocycles. The van der Waals surface area contributed by atoms with E-state index in [1.165, 1.54) is 0 Å². The van der Waals surface area contributed by atoms with Gasteiger partial charge in [0.25, 0.3) is 5.56 Å². The molecule has 1 fully saturated rings. The number of likely N-dealkylation sites (N-methyl/N-ethyl adjacent to an activating group) is 1. The van der Waals surface area contributed by atoms with E-state index in [0.717, 1.165) is 53.8 Å². The average Bonchev–Trinajstić information content (AvgIpc) is 3.11. The minimum Gasteiger partial charge on any atom is -0.369 e. The van der Waals surface area contributed by atoms with Gasteiger partial charge in [0.15, 0.2) is 0 Å². The second kappa shape index (κ2) is 6.25. The summed E-state index contributed by atoms with van der Waals surface area (Å²) >= 11 is 0. The maximum Gasteiger partial charge on any atom is 0.259 e. The summed E-state index contributed by atoms with van der Waals surface area (Å²) in [5.74, 6) is 0.600. The zero-order chi connectivity index (χ0) is 18.4. The molecule has 3 heterocycles. The van der Waals surface area contributed by atoms with Crippen molar-refractivity contribution in [1.29, 1.82) is 0 Å². The summed E-state index contributed by atoms with van der Waals surface area (Å²) in [7, 11) is 2.15. The Kier molecular flexibility index (Phi) is 3.72. The van der Waals surface area contributed by atoms with Crippen LogP contribution in [0.3, 0.4) is 0 Å². The van der Waals surface area contributed by atoms with E-state index in [0.29, 0.717) is 11.4 Å². The minimum atomic E-state index is -0.128. The normalized spacial score (nSPS) is 15.7. The summed E-state index contributed by atoms with van der Waals surface area (Å²) < 4.78 is 0. The second-order valence-corrected chi connectivity index (χ2v) is 7.18. The third kappa shape index (κ3) is 2.88. The topological polar surface area (TPSA) is 68.0 Å². The maximum absolute atomic E-state index is 12.7. The van der Waals surface area contributed by atoms with Crippen LogP contribution in [0.4, 0.5) is 5.69 Å². The Hall–Kier alpha value is -3.12. The molecule has 27 heavy (non-hydrogen) atoms. The number of para-hydroxylation sites is 2. The third-order valence-electron chi connectivity index (χ3n) is 5.34. The van der Waals surface area contributed by atoms with Gasteiger partial charge in [-0.25, -0.2) is 4.98 Å². The Morgan fingerprint density at radius 1 is 0.926 bits per heavy atom. The van der Waals surface area contributed by atoms with Crippen LogP contribution in [0, 0.1) is 0 Å². The number of pyridine rings is 1. The van der Waals surface area contributed by atoms with E-state index >= 15 is 0 Å². The van der Waals surface area contributed by atoms with Crippen molar-refractivity contribution in [3.8, 4) is 11.4 Å². The number of H-pyrrole nitrogens is 2. The molecule has 0 radical (unpaired) electrons. The molecule has 0 spiro atoms. The number of benzene rings is 2. The first-order valence-electron chi connectivity index (χ1n) is 9.23. The molecule has 2 aromatic carbocycles. The molecule has 0 unspecified atom stereocenters. The molecule has 2 N–H and O–H groups in total. The van der Waals surface area contributed by atoms with E-state index in [4.69, 9.17) is 0 Å². The fraction of sp³-hybridized carbons (Fsp3) is 0.238. The largest absolute Gasteiger partial charge is 0.369 e. The molecule has 0 saturated carbocycles. The van der Waals surface area contributed by atoms with Crippen LogP contribution in [0.25, 0.3) is 33.3 Å². The zero-order valence-electron chi connectivity index (χ0n) is 15.2. The molecule has 1 aliphatic heterocycles. The Labute approximate surface area is 156 Å². The first-order valence-corrected chi connectivity index (χ1v) is 9.23. The first-order chi connectivity index (χ1) is 13.2. The van der Waals surface area contributed by atoms with Crippen LogP contribution in [-0.4, -0.2) is 53.1 Å². The number of imidazole rings is 1. The molecular formula is C21H21N5O. The zero-order valence-corrected chi connectivity index (χ0v) is 15.2. The molecule has 6 nitrogen and oxygen atoms in total. The van der Waals surface area contributed by atoms with Crippen LogP contribution < -0.4 is 10.5 Å². The van der Waals surface area contributed by atoms with Crippen molar-refractivity contribution in [2.45, 2.75) is 0 Å². The molecule has 6 heteroatoms. The Balaban J connectivity index is 1.55. The van der Waals surface area contributed by atoms with Gasteiger partial charge >= 0.3 is 0 Å². The molecular weight excluding hydrogens is 338 g/mol. The van der Waals surface area contributed by atoms with Crippen LogP contribution in [-0.2, 0) is 0 Å². The smallest absolute Gasteiger partial charge is 0.259 e. The van der Waals surface area contributed by atoms with Gasteiger partial charge in [0, 0.05) is 31.9 Å². The summed E-state index contributed by atoms with van der Waals surface area (Å²) in [6, 6.07) is 16.0. The molecule has 5 rings (SSSR count). The molecule has 4 aromatic rings. The van der Waals surface area contributed by atoms with Crippen molar-refractivity contribution >= 4 is 27.6 Å².